The Morgan fingerprint density at radius 3 is 2.92 bits per heavy atom. The maximum absolute atomic E-state index is 12.0. The topological polar surface area (TPSA) is 38.1 Å². The fourth-order valence-corrected chi connectivity index (χ4v) is 0.978. The van der Waals surface area contributed by atoms with Gasteiger partial charge in [0.1, 0.15) is 5.76 Å². The lowest BCUT2D eigenvalue weighted by Crippen LogP contribution is -2.08. The largest absolute Gasteiger partial charge is 0.440 e. The molecule has 0 fully saturated rings. The van der Waals surface area contributed by atoms with E-state index < -0.39 is 12.3 Å². The number of hydrogen-bond donors (Lipinski definition) is 1. The molecule has 0 aromatic carbocycles. The third kappa shape index (κ3) is 3.10. The summed E-state index contributed by atoms with van der Waals surface area (Å²) < 4.78 is 28.8. The molecule has 1 heterocycles. The van der Waals surface area contributed by atoms with Crippen molar-refractivity contribution in [1.29, 1.82) is 0 Å². The predicted octanol–water partition coefficient (Wildman–Crippen LogP) is 1.76. The van der Waals surface area contributed by atoms with Crippen molar-refractivity contribution in [2.45, 2.75) is 19.3 Å². The second-order valence-corrected chi connectivity index (χ2v) is 2.67. The van der Waals surface area contributed by atoms with Crippen molar-refractivity contribution in [3.8, 4) is 0 Å². The van der Waals surface area contributed by atoms with Crippen LogP contribution >= 0.6 is 0 Å². The minimum atomic E-state index is -2.61. The normalized spacial score (nSPS) is 11.1. The molecule has 0 spiro atoms. The van der Waals surface area contributed by atoms with Crippen molar-refractivity contribution in [3.05, 3.63) is 17.8 Å². The second-order valence-electron chi connectivity index (χ2n) is 2.67. The summed E-state index contributed by atoms with van der Waals surface area (Å²) in [4.78, 5) is 3.46. The molecule has 0 atom stereocenters. The average Bonchev–Trinajstić information content (AvgIpc) is 2.53. The van der Waals surface area contributed by atoms with E-state index in [1.807, 2.05) is 7.05 Å². The van der Waals surface area contributed by atoms with Gasteiger partial charge in [0.15, 0.2) is 0 Å². The summed E-state index contributed by atoms with van der Waals surface area (Å²) >= 11 is 0. The lowest BCUT2D eigenvalue weighted by atomic mass is 10.3. The zero-order valence-corrected chi connectivity index (χ0v) is 7.39. The molecule has 1 aromatic rings. The van der Waals surface area contributed by atoms with Crippen molar-refractivity contribution in [2.75, 3.05) is 13.6 Å². The molecular formula is C8H12F2N2O. The Morgan fingerprint density at radius 1 is 1.62 bits per heavy atom. The van der Waals surface area contributed by atoms with Crippen LogP contribution in [0.1, 0.15) is 24.5 Å². The van der Waals surface area contributed by atoms with Crippen molar-refractivity contribution in [1.82, 2.24) is 10.3 Å². The first-order valence-corrected chi connectivity index (χ1v) is 4.11. The van der Waals surface area contributed by atoms with Crippen molar-refractivity contribution < 1.29 is 13.2 Å². The SMILES string of the molecule is CNCCCc1cnc(C(F)F)o1. The van der Waals surface area contributed by atoms with Gasteiger partial charge in [-0.05, 0) is 20.0 Å². The highest BCUT2D eigenvalue weighted by Gasteiger charge is 2.13. The molecule has 1 rings (SSSR count). The monoisotopic (exact) mass is 190 g/mol. The van der Waals surface area contributed by atoms with Gasteiger partial charge in [0.05, 0.1) is 6.20 Å². The molecule has 0 saturated carbocycles. The average molecular weight is 190 g/mol. The third-order valence-electron chi connectivity index (χ3n) is 1.61. The summed E-state index contributed by atoms with van der Waals surface area (Å²) in [6, 6.07) is 0. The van der Waals surface area contributed by atoms with E-state index in [0.717, 1.165) is 13.0 Å². The van der Waals surface area contributed by atoms with Gasteiger partial charge < -0.3 is 9.73 Å². The molecule has 1 N–H and O–H groups in total. The second kappa shape index (κ2) is 4.91. The van der Waals surface area contributed by atoms with Gasteiger partial charge in [-0.15, -0.1) is 0 Å². The van der Waals surface area contributed by atoms with Crippen LogP contribution < -0.4 is 5.32 Å². The van der Waals surface area contributed by atoms with Gasteiger partial charge in [-0.2, -0.15) is 8.78 Å². The molecular weight excluding hydrogens is 178 g/mol. The zero-order valence-electron chi connectivity index (χ0n) is 7.39. The molecule has 0 radical (unpaired) electrons. The van der Waals surface area contributed by atoms with Gasteiger partial charge in [-0.1, -0.05) is 0 Å². The molecule has 0 aliphatic carbocycles. The molecule has 0 aliphatic rings. The summed E-state index contributed by atoms with van der Waals surface area (Å²) in [5, 5.41) is 2.96. The number of aryl methyl sites for hydroxylation is 1. The first-order valence-electron chi connectivity index (χ1n) is 4.11. The van der Waals surface area contributed by atoms with Crippen molar-refractivity contribution >= 4 is 0 Å². The fourth-order valence-electron chi connectivity index (χ4n) is 0.978. The van der Waals surface area contributed by atoms with Gasteiger partial charge in [-0.3, -0.25) is 0 Å². The van der Waals surface area contributed by atoms with E-state index in [-0.39, 0.29) is 0 Å². The van der Waals surface area contributed by atoms with E-state index in [9.17, 15) is 8.78 Å². The van der Waals surface area contributed by atoms with Crippen LogP contribution in [-0.2, 0) is 6.42 Å². The van der Waals surface area contributed by atoms with Crippen LogP contribution in [0.3, 0.4) is 0 Å². The van der Waals surface area contributed by atoms with Gasteiger partial charge in [0.25, 0.3) is 5.89 Å². The number of rotatable bonds is 5. The summed E-state index contributed by atoms with van der Waals surface area (Å²) in [7, 11) is 1.84. The summed E-state index contributed by atoms with van der Waals surface area (Å²) in [5.41, 5.74) is 0. The van der Waals surface area contributed by atoms with Gasteiger partial charge in [0.2, 0.25) is 0 Å². The molecule has 0 unspecified atom stereocenters. The van der Waals surface area contributed by atoms with Crippen LogP contribution in [-0.4, -0.2) is 18.6 Å². The smallest absolute Gasteiger partial charge is 0.313 e. The number of nitrogens with zero attached hydrogens (tertiary/aromatic N) is 1. The first-order chi connectivity index (χ1) is 6.24. The predicted molar refractivity (Wildman–Crippen MR) is 43.7 cm³/mol. The molecule has 0 aliphatic heterocycles. The van der Waals surface area contributed by atoms with Gasteiger partial charge in [0, 0.05) is 6.42 Å². The van der Waals surface area contributed by atoms with Crippen LogP contribution in [0, 0.1) is 0 Å². The highest BCUT2D eigenvalue weighted by Crippen LogP contribution is 2.18. The molecule has 5 heteroatoms. The number of halogens is 2. The maximum Gasteiger partial charge on any atom is 0.313 e. The van der Waals surface area contributed by atoms with Gasteiger partial charge in [-0.25, -0.2) is 4.98 Å². The van der Waals surface area contributed by atoms with E-state index in [1.165, 1.54) is 6.20 Å². The molecule has 1 aromatic heterocycles. The summed E-state index contributed by atoms with van der Waals surface area (Å²) in [6.45, 7) is 0.838. The van der Waals surface area contributed by atoms with Gasteiger partial charge >= 0.3 is 6.43 Å². The van der Waals surface area contributed by atoms with Crippen LogP contribution in [0.4, 0.5) is 8.78 Å². The summed E-state index contributed by atoms with van der Waals surface area (Å²) in [5.74, 6) is 0.0324. The first kappa shape index (κ1) is 10.1. The number of alkyl halides is 2. The molecule has 0 bridgehead atoms. The molecule has 0 amide bonds. The van der Waals surface area contributed by atoms with E-state index in [2.05, 4.69) is 10.3 Å². The zero-order chi connectivity index (χ0) is 9.68. The minimum Gasteiger partial charge on any atom is -0.440 e. The van der Waals surface area contributed by atoms with Crippen molar-refractivity contribution in [2.24, 2.45) is 0 Å². The van der Waals surface area contributed by atoms with Crippen LogP contribution in [0.15, 0.2) is 10.6 Å². The Hall–Kier alpha value is -0.970. The molecule has 13 heavy (non-hydrogen) atoms. The molecule has 74 valence electrons. The Bertz CT molecular complexity index is 250. The number of aromatic nitrogens is 1. The fraction of sp³-hybridized carbons (Fsp3) is 0.625. The third-order valence-corrected chi connectivity index (χ3v) is 1.61. The number of hydrogen-bond acceptors (Lipinski definition) is 3. The Kier molecular flexibility index (Phi) is 3.82. The number of nitrogens with one attached hydrogen (secondary N) is 1. The summed E-state index contributed by atoms with van der Waals surface area (Å²) in [6.07, 6.45) is 0.240. The van der Waals surface area contributed by atoms with Crippen LogP contribution in [0.2, 0.25) is 0 Å². The van der Waals surface area contributed by atoms with Crippen molar-refractivity contribution in [3.63, 3.8) is 0 Å². The van der Waals surface area contributed by atoms with Crippen LogP contribution in [0.5, 0.6) is 0 Å². The van der Waals surface area contributed by atoms with E-state index in [1.54, 1.807) is 0 Å². The van der Waals surface area contributed by atoms with E-state index in [0.29, 0.717) is 12.2 Å². The Balaban J connectivity index is 2.40. The number of oxazole rings is 1. The van der Waals surface area contributed by atoms with E-state index >= 15 is 0 Å². The minimum absolute atomic E-state index is 0.487. The quantitative estimate of drug-likeness (QED) is 0.719. The highest BCUT2D eigenvalue weighted by molar-refractivity contribution is 4.95. The van der Waals surface area contributed by atoms with Crippen LogP contribution in [0.25, 0.3) is 0 Å². The lowest BCUT2D eigenvalue weighted by molar-refractivity contribution is 0.113. The molecule has 0 saturated heterocycles. The Labute approximate surface area is 75.2 Å². The maximum atomic E-state index is 12.0. The molecule has 3 nitrogen and oxygen atoms in total. The highest BCUT2D eigenvalue weighted by atomic mass is 19.3. The van der Waals surface area contributed by atoms with E-state index in [4.69, 9.17) is 4.42 Å². The lowest BCUT2D eigenvalue weighted by Gasteiger charge is -1.95. The Morgan fingerprint density at radius 2 is 2.38 bits per heavy atom. The standard InChI is InChI=1S/C8H12F2N2O/c1-11-4-2-3-6-5-12-8(13-6)7(9)10/h5,7,11H,2-4H2,1H3.